The van der Waals surface area contributed by atoms with Crippen LogP contribution in [0.1, 0.15) is 24.5 Å². The van der Waals surface area contributed by atoms with Crippen molar-refractivity contribution in [3.8, 4) is 5.75 Å². The molecule has 2 fully saturated rings. The Morgan fingerprint density at radius 2 is 1.21 bits per heavy atom. The van der Waals surface area contributed by atoms with E-state index in [1.807, 2.05) is 67.6 Å². The monoisotopic (exact) mass is 435 g/mol. The van der Waals surface area contributed by atoms with Gasteiger partial charge in [-0.05, 0) is 59.6 Å². The molecule has 6 rings (SSSR count). The Kier molecular flexibility index (Phi) is 4.68. The summed E-state index contributed by atoms with van der Waals surface area (Å²) in [7, 11) is 0. The Labute approximate surface area is 193 Å². The SMILES string of the molecule is CCOc1ccccc1N1C(=O)[C@@H]2[C@@H](C1=O)[C@@H]1C[C@@H]2C(c2ccccc2)=C1c1ccccc1. The number of carbonyl (C=O) groups is 2. The number of ether oxygens (including phenoxy) is 1. The maximum Gasteiger partial charge on any atom is 0.238 e. The van der Waals surface area contributed by atoms with E-state index in [2.05, 4.69) is 24.3 Å². The minimum atomic E-state index is -0.320. The lowest BCUT2D eigenvalue weighted by Gasteiger charge is -2.27. The summed E-state index contributed by atoms with van der Waals surface area (Å²) >= 11 is 0. The van der Waals surface area contributed by atoms with Crippen molar-refractivity contribution in [2.45, 2.75) is 13.3 Å². The highest BCUT2D eigenvalue weighted by Crippen LogP contribution is 2.64. The van der Waals surface area contributed by atoms with Gasteiger partial charge in [-0.1, -0.05) is 72.8 Å². The predicted octanol–water partition coefficient (Wildman–Crippen LogP) is 5.45. The number of para-hydroxylation sites is 2. The Hall–Kier alpha value is -3.66. The first-order chi connectivity index (χ1) is 16.2. The third-order valence-corrected chi connectivity index (χ3v) is 7.38. The van der Waals surface area contributed by atoms with Gasteiger partial charge >= 0.3 is 0 Å². The fraction of sp³-hybridized carbons (Fsp3) is 0.241. The van der Waals surface area contributed by atoms with E-state index in [0.717, 1.165) is 17.5 Å². The van der Waals surface area contributed by atoms with Crippen LogP contribution in [0.3, 0.4) is 0 Å². The molecule has 3 aliphatic rings. The van der Waals surface area contributed by atoms with Crippen molar-refractivity contribution in [1.29, 1.82) is 0 Å². The number of anilines is 1. The first-order valence-electron chi connectivity index (χ1n) is 11.6. The van der Waals surface area contributed by atoms with Crippen molar-refractivity contribution in [1.82, 2.24) is 0 Å². The molecule has 0 aromatic heterocycles. The van der Waals surface area contributed by atoms with Gasteiger partial charge in [-0.25, -0.2) is 4.90 Å². The molecule has 0 spiro atoms. The molecule has 1 heterocycles. The Morgan fingerprint density at radius 1 is 0.727 bits per heavy atom. The van der Waals surface area contributed by atoms with Crippen molar-refractivity contribution in [2.75, 3.05) is 11.5 Å². The number of allylic oxidation sites excluding steroid dienone is 2. The number of benzene rings is 3. The molecule has 33 heavy (non-hydrogen) atoms. The van der Waals surface area contributed by atoms with Crippen LogP contribution < -0.4 is 9.64 Å². The molecule has 164 valence electrons. The first kappa shape index (κ1) is 20.0. The summed E-state index contributed by atoms with van der Waals surface area (Å²) in [5.41, 5.74) is 5.32. The zero-order valence-corrected chi connectivity index (χ0v) is 18.5. The van der Waals surface area contributed by atoms with Crippen LogP contribution in [0.2, 0.25) is 0 Å². The number of nitrogens with zero attached hydrogens (tertiary/aromatic N) is 1. The minimum absolute atomic E-state index is 0.0401. The molecule has 0 N–H and O–H groups in total. The fourth-order valence-electron chi connectivity index (χ4n) is 6.25. The van der Waals surface area contributed by atoms with Crippen LogP contribution in [-0.4, -0.2) is 18.4 Å². The number of rotatable bonds is 5. The van der Waals surface area contributed by atoms with Gasteiger partial charge in [0.2, 0.25) is 11.8 Å². The van der Waals surface area contributed by atoms with Crippen molar-refractivity contribution in [3.63, 3.8) is 0 Å². The molecule has 0 unspecified atom stereocenters. The number of amides is 2. The summed E-state index contributed by atoms with van der Waals surface area (Å²) in [5.74, 6) is -0.166. The van der Waals surface area contributed by atoms with Crippen LogP contribution in [-0.2, 0) is 9.59 Å². The molecule has 3 aromatic rings. The molecule has 4 atom stereocenters. The lowest BCUT2D eigenvalue weighted by Crippen LogP contribution is -2.33. The first-order valence-corrected chi connectivity index (χ1v) is 11.6. The third kappa shape index (κ3) is 2.90. The summed E-state index contributed by atoms with van der Waals surface area (Å²) in [5, 5.41) is 0. The zero-order chi connectivity index (χ0) is 22.5. The molecule has 2 bridgehead atoms. The highest BCUT2D eigenvalue weighted by Gasteiger charge is 2.64. The number of fused-ring (bicyclic) bond motifs is 5. The van der Waals surface area contributed by atoms with E-state index < -0.39 is 0 Å². The van der Waals surface area contributed by atoms with E-state index >= 15 is 0 Å². The van der Waals surface area contributed by atoms with Gasteiger partial charge in [0.15, 0.2) is 0 Å². The van der Waals surface area contributed by atoms with Crippen LogP contribution in [0.15, 0.2) is 84.9 Å². The molecular weight excluding hydrogens is 410 g/mol. The quantitative estimate of drug-likeness (QED) is 0.501. The number of hydrogen-bond donors (Lipinski definition) is 0. The van der Waals surface area contributed by atoms with Crippen LogP contribution >= 0.6 is 0 Å². The third-order valence-electron chi connectivity index (χ3n) is 7.38. The number of carbonyl (C=O) groups excluding carboxylic acids is 2. The van der Waals surface area contributed by atoms with E-state index in [-0.39, 0.29) is 35.5 Å². The van der Waals surface area contributed by atoms with Crippen LogP contribution in [0.4, 0.5) is 5.69 Å². The molecule has 3 aromatic carbocycles. The smallest absolute Gasteiger partial charge is 0.238 e. The van der Waals surface area contributed by atoms with Crippen molar-refractivity contribution in [3.05, 3.63) is 96.1 Å². The van der Waals surface area contributed by atoms with Crippen LogP contribution in [0.25, 0.3) is 11.1 Å². The average molecular weight is 436 g/mol. The van der Waals surface area contributed by atoms with Crippen LogP contribution in [0, 0.1) is 23.7 Å². The van der Waals surface area contributed by atoms with Gasteiger partial charge in [-0.15, -0.1) is 0 Å². The molecule has 2 aliphatic carbocycles. The fourth-order valence-corrected chi connectivity index (χ4v) is 6.25. The van der Waals surface area contributed by atoms with E-state index in [4.69, 9.17) is 4.74 Å². The van der Waals surface area contributed by atoms with Crippen molar-refractivity contribution < 1.29 is 14.3 Å². The Morgan fingerprint density at radius 3 is 1.73 bits per heavy atom. The summed E-state index contributed by atoms with van der Waals surface area (Å²) in [6.45, 7) is 2.38. The van der Waals surface area contributed by atoms with Gasteiger partial charge < -0.3 is 4.74 Å². The minimum Gasteiger partial charge on any atom is -0.492 e. The second-order valence-electron chi connectivity index (χ2n) is 8.97. The maximum absolute atomic E-state index is 13.8. The largest absolute Gasteiger partial charge is 0.492 e. The summed E-state index contributed by atoms with van der Waals surface area (Å²) in [4.78, 5) is 29.0. The summed E-state index contributed by atoms with van der Waals surface area (Å²) in [6.07, 6.45) is 0.849. The second-order valence-corrected chi connectivity index (χ2v) is 8.97. The highest BCUT2D eigenvalue weighted by molar-refractivity contribution is 6.25. The molecular formula is C29H25NO3. The van der Waals surface area contributed by atoms with Gasteiger partial charge in [-0.2, -0.15) is 0 Å². The standard InChI is InChI=1S/C29H25NO3/c1-2-33-23-16-10-9-15-22(23)30-28(31)26-20-17-21(27(26)29(30)32)25(19-13-7-4-8-14-19)24(20)18-11-5-3-6-12-18/h3-16,20-21,26-27H,2,17H2,1H3/t20-,21-,26+,27+/m1/s1. The Bertz CT molecular complexity index is 1190. The van der Waals surface area contributed by atoms with Gasteiger partial charge in [-0.3, -0.25) is 9.59 Å². The van der Waals surface area contributed by atoms with E-state index in [0.29, 0.717) is 18.0 Å². The molecule has 4 nitrogen and oxygen atoms in total. The van der Waals surface area contributed by atoms with Crippen molar-refractivity contribution in [2.24, 2.45) is 23.7 Å². The van der Waals surface area contributed by atoms with Crippen molar-refractivity contribution >= 4 is 28.6 Å². The lowest BCUT2D eigenvalue weighted by molar-refractivity contribution is -0.123. The maximum atomic E-state index is 13.8. The molecule has 1 saturated heterocycles. The van der Waals surface area contributed by atoms with E-state index in [1.165, 1.54) is 16.0 Å². The summed E-state index contributed by atoms with van der Waals surface area (Å²) < 4.78 is 5.76. The molecule has 4 heteroatoms. The van der Waals surface area contributed by atoms with E-state index in [9.17, 15) is 9.59 Å². The number of hydrogen-bond acceptors (Lipinski definition) is 3. The molecule has 0 radical (unpaired) electrons. The number of imide groups is 1. The van der Waals surface area contributed by atoms with E-state index in [1.54, 1.807) is 0 Å². The zero-order valence-electron chi connectivity index (χ0n) is 18.5. The molecule has 1 saturated carbocycles. The van der Waals surface area contributed by atoms with Gasteiger partial charge in [0.25, 0.3) is 0 Å². The van der Waals surface area contributed by atoms with Gasteiger partial charge in [0.1, 0.15) is 5.75 Å². The van der Waals surface area contributed by atoms with Crippen LogP contribution in [0.5, 0.6) is 5.75 Å². The topological polar surface area (TPSA) is 46.6 Å². The van der Waals surface area contributed by atoms with Gasteiger partial charge in [0.05, 0.1) is 24.1 Å². The normalized spacial score (nSPS) is 25.7. The second kappa shape index (κ2) is 7.73. The molecule has 1 aliphatic heterocycles. The average Bonchev–Trinajstić information content (AvgIpc) is 3.50. The molecule has 2 amide bonds. The lowest BCUT2D eigenvalue weighted by atomic mass is 9.73. The Balaban J connectivity index is 1.48. The summed E-state index contributed by atoms with van der Waals surface area (Å²) in [6, 6.07) is 28.0. The highest BCUT2D eigenvalue weighted by atomic mass is 16.5. The predicted molar refractivity (Wildman–Crippen MR) is 128 cm³/mol. The van der Waals surface area contributed by atoms with Gasteiger partial charge in [0, 0.05) is 0 Å².